The molecule has 1 aromatic rings. The number of anilines is 2. The smallest absolute Gasteiger partial charge is 0.145 e. The van der Waals surface area contributed by atoms with E-state index in [1.165, 1.54) is 25.7 Å². The minimum atomic E-state index is 0.488. The molecule has 0 aromatic carbocycles. The third-order valence-electron chi connectivity index (χ3n) is 3.30. The van der Waals surface area contributed by atoms with E-state index in [4.69, 9.17) is 17.3 Å². The molecule has 1 saturated carbocycles. The van der Waals surface area contributed by atoms with Gasteiger partial charge < -0.3 is 11.1 Å². The Morgan fingerprint density at radius 1 is 1.44 bits per heavy atom. The average Bonchev–Trinajstić information content (AvgIpc) is 2.25. The monoisotopic (exact) mass is 239 g/mol. The number of pyridine rings is 1. The summed E-state index contributed by atoms with van der Waals surface area (Å²) >= 11 is 6.09. The molecule has 1 aliphatic rings. The predicted octanol–water partition coefficient (Wildman–Crippen LogP) is 3.31. The van der Waals surface area contributed by atoms with E-state index in [0.717, 1.165) is 5.82 Å². The van der Waals surface area contributed by atoms with Crippen LogP contribution in [-0.4, -0.2) is 11.0 Å². The number of halogens is 1. The van der Waals surface area contributed by atoms with Crippen molar-refractivity contribution in [3.8, 4) is 0 Å². The molecule has 0 aliphatic heterocycles. The Morgan fingerprint density at radius 3 is 2.88 bits per heavy atom. The first-order valence-electron chi connectivity index (χ1n) is 5.84. The molecule has 88 valence electrons. The van der Waals surface area contributed by atoms with E-state index in [9.17, 15) is 0 Å². The maximum Gasteiger partial charge on any atom is 0.145 e. The second-order valence-electron chi connectivity index (χ2n) is 4.61. The lowest BCUT2D eigenvalue weighted by Crippen LogP contribution is -2.30. The molecule has 4 heteroatoms. The summed E-state index contributed by atoms with van der Waals surface area (Å²) in [5.41, 5.74) is 6.22. The Bertz CT molecular complexity index is 367. The standard InChI is InChI=1S/C12H18ClN3/c1-8-4-2-3-5-11(8)16-12-10(13)6-9(14)7-15-12/h6-8,11H,2-5,14H2,1H3,(H,15,16). The van der Waals surface area contributed by atoms with E-state index >= 15 is 0 Å². The zero-order valence-electron chi connectivity index (χ0n) is 9.54. The Hall–Kier alpha value is -0.960. The van der Waals surface area contributed by atoms with Gasteiger partial charge in [0.2, 0.25) is 0 Å². The van der Waals surface area contributed by atoms with Gasteiger partial charge in [-0.2, -0.15) is 0 Å². The molecular weight excluding hydrogens is 222 g/mol. The van der Waals surface area contributed by atoms with Crippen molar-refractivity contribution in [2.24, 2.45) is 5.92 Å². The van der Waals surface area contributed by atoms with Gasteiger partial charge in [-0.25, -0.2) is 4.98 Å². The zero-order valence-corrected chi connectivity index (χ0v) is 10.3. The SMILES string of the molecule is CC1CCCCC1Nc1ncc(N)cc1Cl. The molecule has 0 radical (unpaired) electrons. The molecule has 0 amide bonds. The molecule has 0 bridgehead atoms. The van der Waals surface area contributed by atoms with E-state index in [2.05, 4.69) is 17.2 Å². The number of nitrogen functional groups attached to an aromatic ring is 1. The molecule has 1 fully saturated rings. The fourth-order valence-electron chi connectivity index (χ4n) is 2.27. The highest BCUT2D eigenvalue weighted by Crippen LogP contribution is 2.29. The maximum absolute atomic E-state index is 6.09. The zero-order chi connectivity index (χ0) is 11.5. The van der Waals surface area contributed by atoms with Crippen LogP contribution in [0.5, 0.6) is 0 Å². The summed E-state index contributed by atoms with van der Waals surface area (Å²) < 4.78 is 0. The van der Waals surface area contributed by atoms with Crippen LogP contribution < -0.4 is 11.1 Å². The second-order valence-corrected chi connectivity index (χ2v) is 5.02. The summed E-state index contributed by atoms with van der Waals surface area (Å²) in [6.45, 7) is 2.28. The van der Waals surface area contributed by atoms with Gasteiger partial charge in [-0.15, -0.1) is 0 Å². The highest BCUT2D eigenvalue weighted by Gasteiger charge is 2.21. The van der Waals surface area contributed by atoms with Crippen LogP contribution in [0.1, 0.15) is 32.6 Å². The number of rotatable bonds is 2. The third-order valence-corrected chi connectivity index (χ3v) is 3.58. The normalized spacial score (nSPS) is 25.4. The molecule has 3 N–H and O–H groups in total. The van der Waals surface area contributed by atoms with Crippen LogP contribution in [-0.2, 0) is 0 Å². The first kappa shape index (κ1) is 11.5. The summed E-state index contributed by atoms with van der Waals surface area (Å²) in [6, 6.07) is 2.23. The quantitative estimate of drug-likeness (QED) is 0.833. The Morgan fingerprint density at radius 2 is 2.19 bits per heavy atom. The van der Waals surface area contributed by atoms with Gasteiger partial charge in [0, 0.05) is 6.04 Å². The number of hydrogen-bond donors (Lipinski definition) is 2. The van der Waals surface area contributed by atoms with Gasteiger partial charge in [0.15, 0.2) is 0 Å². The third kappa shape index (κ3) is 2.59. The highest BCUT2D eigenvalue weighted by atomic mass is 35.5. The number of nitrogens with two attached hydrogens (primary N) is 1. The van der Waals surface area contributed by atoms with Crippen molar-refractivity contribution in [3.63, 3.8) is 0 Å². The van der Waals surface area contributed by atoms with Crippen LogP contribution in [0.25, 0.3) is 0 Å². The van der Waals surface area contributed by atoms with Crippen LogP contribution in [0.15, 0.2) is 12.3 Å². The number of nitrogens with zero attached hydrogens (tertiary/aromatic N) is 1. The van der Waals surface area contributed by atoms with Crippen molar-refractivity contribution in [2.75, 3.05) is 11.1 Å². The fraction of sp³-hybridized carbons (Fsp3) is 0.583. The van der Waals surface area contributed by atoms with Gasteiger partial charge in [0.25, 0.3) is 0 Å². The van der Waals surface area contributed by atoms with Gasteiger partial charge in [-0.1, -0.05) is 31.4 Å². The van der Waals surface area contributed by atoms with Crippen molar-refractivity contribution >= 4 is 23.1 Å². The molecule has 2 rings (SSSR count). The molecule has 1 aliphatic carbocycles. The topological polar surface area (TPSA) is 50.9 Å². The summed E-state index contributed by atoms with van der Waals surface area (Å²) in [5, 5.41) is 4.04. The van der Waals surface area contributed by atoms with Gasteiger partial charge in [0.05, 0.1) is 16.9 Å². The van der Waals surface area contributed by atoms with E-state index in [-0.39, 0.29) is 0 Å². The molecule has 2 atom stereocenters. The van der Waals surface area contributed by atoms with Crippen LogP contribution in [0.4, 0.5) is 11.5 Å². The van der Waals surface area contributed by atoms with E-state index in [1.807, 2.05) is 0 Å². The van der Waals surface area contributed by atoms with Gasteiger partial charge >= 0.3 is 0 Å². The number of nitrogens with one attached hydrogen (secondary N) is 1. The number of aromatic nitrogens is 1. The Labute approximate surface area is 101 Å². The molecule has 1 aromatic heterocycles. The van der Waals surface area contributed by atoms with E-state index in [1.54, 1.807) is 12.3 Å². The minimum absolute atomic E-state index is 0.488. The van der Waals surface area contributed by atoms with Crippen molar-refractivity contribution < 1.29 is 0 Å². The summed E-state index contributed by atoms with van der Waals surface area (Å²) in [6.07, 6.45) is 6.74. The van der Waals surface area contributed by atoms with E-state index in [0.29, 0.717) is 22.7 Å². The van der Waals surface area contributed by atoms with Crippen LogP contribution >= 0.6 is 11.6 Å². The molecule has 0 spiro atoms. The first-order valence-corrected chi connectivity index (χ1v) is 6.22. The van der Waals surface area contributed by atoms with Crippen LogP contribution in [0, 0.1) is 5.92 Å². The van der Waals surface area contributed by atoms with Crippen LogP contribution in [0.2, 0.25) is 5.02 Å². The van der Waals surface area contributed by atoms with Gasteiger partial charge in [0.1, 0.15) is 5.82 Å². The summed E-state index contributed by atoms with van der Waals surface area (Å²) in [7, 11) is 0. The molecule has 1 heterocycles. The fourth-order valence-corrected chi connectivity index (χ4v) is 2.49. The van der Waals surface area contributed by atoms with Crippen molar-refractivity contribution in [2.45, 2.75) is 38.6 Å². The lowest BCUT2D eigenvalue weighted by molar-refractivity contribution is 0.349. The van der Waals surface area contributed by atoms with Crippen molar-refractivity contribution in [3.05, 3.63) is 17.3 Å². The lowest BCUT2D eigenvalue weighted by atomic mass is 9.86. The van der Waals surface area contributed by atoms with Crippen LogP contribution in [0.3, 0.4) is 0 Å². The molecule has 3 nitrogen and oxygen atoms in total. The van der Waals surface area contributed by atoms with E-state index < -0.39 is 0 Å². The molecule has 0 saturated heterocycles. The molecule has 16 heavy (non-hydrogen) atoms. The lowest BCUT2D eigenvalue weighted by Gasteiger charge is -2.30. The largest absolute Gasteiger partial charge is 0.397 e. The summed E-state index contributed by atoms with van der Waals surface area (Å²) in [4.78, 5) is 4.24. The Balaban J connectivity index is 2.07. The number of hydrogen-bond acceptors (Lipinski definition) is 3. The highest BCUT2D eigenvalue weighted by molar-refractivity contribution is 6.33. The van der Waals surface area contributed by atoms with Gasteiger partial charge in [-0.05, 0) is 24.8 Å². The predicted molar refractivity (Wildman–Crippen MR) is 68.7 cm³/mol. The first-order chi connectivity index (χ1) is 7.66. The summed E-state index contributed by atoms with van der Waals surface area (Å²) in [5.74, 6) is 1.44. The molecular formula is C12H18ClN3. The van der Waals surface area contributed by atoms with Gasteiger partial charge in [-0.3, -0.25) is 0 Å². The maximum atomic E-state index is 6.09. The minimum Gasteiger partial charge on any atom is -0.397 e. The average molecular weight is 240 g/mol. The second kappa shape index (κ2) is 4.91. The molecule has 2 unspecified atom stereocenters. The van der Waals surface area contributed by atoms with Crippen molar-refractivity contribution in [1.29, 1.82) is 0 Å². The van der Waals surface area contributed by atoms with Crippen molar-refractivity contribution in [1.82, 2.24) is 4.98 Å². The Kier molecular flexibility index (Phi) is 3.54.